The van der Waals surface area contributed by atoms with E-state index in [0.29, 0.717) is 5.69 Å². The van der Waals surface area contributed by atoms with E-state index >= 15 is 0 Å². The van der Waals surface area contributed by atoms with Crippen LogP contribution < -0.4 is 14.8 Å². The molecule has 0 atom stereocenters. The summed E-state index contributed by atoms with van der Waals surface area (Å²) in [6.07, 6.45) is 3.24. The number of ether oxygens (including phenoxy) is 1. The summed E-state index contributed by atoms with van der Waals surface area (Å²) in [4.78, 5) is 12.7. The Bertz CT molecular complexity index is 1140. The van der Waals surface area contributed by atoms with Crippen molar-refractivity contribution in [2.24, 2.45) is 0 Å². The molecule has 0 spiro atoms. The molecule has 32 heavy (non-hydrogen) atoms. The van der Waals surface area contributed by atoms with Crippen molar-refractivity contribution in [1.82, 2.24) is 4.72 Å². The molecule has 0 saturated carbocycles. The first-order valence-electron chi connectivity index (χ1n) is 10.5. The van der Waals surface area contributed by atoms with Crippen LogP contribution in [0.15, 0.2) is 77.7 Å². The lowest BCUT2D eigenvalue weighted by Gasteiger charge is -2.13. The van der Waals surface area contributed by atoms with Gasteiger partial charge in [0.05, 0.1) is 7.11 Å². The normalized spacial score (nSPS) is 11.2. The number of amides is 1. The minimum absolute atomic E-state index is 0.0847. The number of sulfonamides is 1. The molecule has 0 fully saturated rings. The SMILES string of the molecule is CCCCc1ccc(NC(=O)c2ccc(OC)c(S(=O)(=O)NCc3ccccc3)c2)cc1. The zero-order valence-corrected chi connectivity index (χ0v) is 19.1. The summed E-state index contributed by atoms with van der Waals surface area (Å²) < 4.78 is 33.6. The molecule has 3 rings (SSSR count). The Morgan fingerprint density at radius 3 is 2.31 bits per heavy atom. The molecule has 0 aliphatic heterocycles. The van der Waals surface area contributed by atoms with Crippen molar-refractivity contribution in [3.8, 4) is 5.75 Å². The van der Waals surface area contributed by atoms with Crippen molar-refractivity contribution in [2.45, 2.75) is 37.6 Å². The maximum absolute atomic E-state index is 12.9. The highest BCUT2D eigenvalue weighted by Crippen LogP contribution is 2.25. The summed E-state index contributed by atoms with van der Waals surface area (Å²) in [5, 5.41) is 2.82. The van der Waals surface area contributed by atoms with E-state index in [2.05, 4.69) is 17.0 Å². The Labute approximate surface area is 189 Å². The maximum atomic E-state index is 12.9. The van der Waals surface area contributed by atoms with Crippen LogP contribution in [0.2, 0.25) is 0 Å². The van der Waals surface area contributed by atoms with Gasteiger partial charge in [0.2, 0.25) is 10.0 Å². The van der Waals surface area contributed by atoms with Crippen LogP contribution in [0.25, 0.3) is 0 Å². The first-order valence-corrected chi connectivity index (χ1v) is 12.0. The van der Waals surface area contributed by atoms with Crippen LogP contribution in [0.3, 0.4) is 0 Å². The van der Waals surface area contributed by atoms with E-state index < -0.39 is 15.9 Å². The van der Waals surface area contributed by atoms with Gasteiger partial charge in [-0.3, -0.25) is 4.79 Å². The van der Waals surface area contributed by atoms with Crippen LogP contribution in [0.4, 0.5) is 5.69 Å². The van der Waals surface area contributed by atoms with E-state index in [-0.39, 0.29) is 22.8 Å². The van der Waals surface area contributed by atoms with Gasteiger partial charge in [-0.1, -0.05) is 55.8 Å². The number of nitrogens with one attached hydrogen (secondary N) is 2. The van der Waals surface area contributed by atoms with Crippen LogP contribution >= 0.6 is 0 Å². The van der Waals surface area contributed by atoms with Gasteiger partial charge >= 0.3 is 0 Å². The van der Waals surface area contributed by atoms with Gasteiger partial charge in [0, 0.05) is 17.8 Å². The second-order valence-corrected chi connectivity index (χ2v) is 9.17. The molecule has 0 aliphatic carbocycles. The van der Waals surface area contributed by atoms with Crippen molar-refractivity contribution in [1.29, 1.82) is 0 Å². The summed E-state index contributed by atoms with van der Waals surface area (Å²) in [6.45, 7) is 2.28. The number of unbranched alkanes of at least 4 members (excludes halogenated alkanes) is 1. The lowest BCUT2D eigenvalue weighted by molar-refractivity contribution is 0.102. The van der Waals surface area contributed by atoms with Gasteiger partial charge < -0.3 is 10.1 Å². The Kier molecular flexibility index (Phi) is 8.03. The van der Waals surface area contributed by atoms with Crippen LogP contribution in [-0.2, 0) is 23.0 Å². The summed E-state index contributed by atoms with van der Waals surface area (Å²) in [5.41, 5.74) is 2.91. The highest BCUT2D eigenvalue weighted by Gasteiger charge is 2.21. The average Bonchev–Trinajstić information content (AvgIpc) is 2.82. The number of aryl methyl sites for hydroxylation is 1. The predicted molar refractivity (Wildman–Crippen MR) is 126 cm³/mol. The molecule has 0 bridgehead atoms. The molecular weight excluding hydrogens is 424 g/mol. The molecule has 2 N–H and O–H groups in total. The van der Waals surface area contributed by atoms with Gasteiger partial charge in [-0.05, 0) is 54.3 Å². The third-order valence-electron chi connectivity index (χ3n) is 5.06. The van der Waals surface area contributed by atoms with E-state index in [9.17, 15) is 13.2 Å². The fourth-order valence-electron chi connectivity index (χ4n) is 3.22. The molecule has 0 aromatic heterocycles. The average molecular weight is 453 g/mol. The van der Waals surface area contributed by atoms with Crippen LogP contribution in [-0.4, -0.2) is 21.4 Å². The number of carbonyl (C=O) groups is 1. The van der Waals surface area contributed by atoms with Gasteiger partial charge in [-0.25, -0.2) is 13.1 Å². The van der Waals surface area contributed by atoms with E-state index in [4.69, 9.17) is 4.74 Å². The number of methoxy groups -OCH3 is 1. The fraction of sp³-hybridized carbons (Fsp3) is 0.240. The Balaban J connectivity index is 1.76. The lowest BCUT2D eigenvalue weighted by Crippen LogP contribution is -2.24. The first kappa shape index (κ1) is 23.5. The number of hydrogen-bond acceptors (Lipinski definition) is 4. The fourth-order valence-corrected chi connectivity index (χ4v) is 4.43. The van der Waals surface area contributed by atoms with Crippen LogP contribution in [0, 0.1) is 0 Å². The topological polar surface area (TPSA) is 84.5 Å². The number of rotatable bonds is 10. The van der Waals surface area contributed by atoms with Crippen molar-refractivity contribution in [3.63, 3.8) is 0 Å². The zero-order chi connectivity index (χ0) is 23.0. The number of benzene rings is 3. The lowest BCUT2D eigenvalue weighted by atomic mass is 10.1. The quantitative estimate of drug-likeness (QED) is 0.464. The highest BCUT2D eigenvalue weighted by molar-refractivity contribution is 7.89. The molecule has 0 unspecified atom stereocenters. The maximum Gasteiger partial charge on any atom is 0.255 e. The van der Waals surface area contributed by atoms with Gasteiger partial charge in [-0.15, -0.1) is 0 Å². The van der Waals surface area contributed by atoms with E-state index in [1.807, 2.05) is 54.6 Å². The number of anilines is 1. The molecular formula is C25H28N2O4S. The molecule has 0 heterocycles. The van der Waals surface area contributed by atoms with E-state index in [1.54, 1.807) is 6.07 Å². The van der Waals surface area contributed by atoms with Gasteiger partial charge in [-0.2, -0.15) is 0 Å². The summed E-state index contributed by atoms with van der Waals surface area (Å²) in [5.74, 6) is -0.226. The summed E-state index contributed by atoms with van der Waals surface area (Å²) in [6, 6.07) is 21.2. The number of hydrogen-bond donors (Lipinski definition) is 2. The summed E-state index contributed by atoms with van der Waals surface area (Å²) >= 11 is 0. The first-order chi connectivity index (χ1) is 15.4. The van der Waals surface area contributed by atoms with Crippen molar-refractivity contribution >= 4 is 21.6 Å². The third-order valence-corrected chi connectivity index (χ3v) is 6.48. The van der Waals surface area contributed by atoms with Crippen molar-refractivity contribution < 1.29 is 17.9 Å². The molecule has 0 saturated heterocycles. The van der Waals surface area contributed by atoms with Crippen molar-refractivity contribution in [3.05, 3.63) is 89.5 Å². The van der Waals surface area contributed by atoms with Crippen LogP contribution in [0.5, 0.6) is 5.75 Å². The minimum atomic E-state index is -3.90. The standard InChI is InChI=1S/C25H28N2O4S/c1-3-4-8-19-11-14-22(15-12-19)27-25(28)21-13-16-23(31-2)24(17-21)32(29,30)26-18-20-9-6-5-7-10-20/h5-7,9-17,26H,3-4,8,18H2,1-2H3,(H,27,28). The van der Waals surface area contributed by atoms with E-state index in [1.165, 1.54) is 24.8 Å². The van der Waals surface area contributed by atoms with Crippen molar-refractivity contribution in [2.75, 3.05) is 12.4 Å². The molecule has 7 heteroatoms. The minimum Gasteiger partial charge on any atom is -0.495 e. The zero-order valence-electron chi connectivity index (χ0n) is 18.3. The van der Waals surface area contributed by atoms with Crippen LogP contribution in [0.1, 0.15) is 41.3 Å². The van der Waals surface area contributed by atoms with Gasteiger partial charge in [0.1, 0.15) is 10.6 Å². The monoisotopic (exact) mass is 452 g/mol. The molecule has 0 radical (unpaired) electrons. The summed E-state index contributed by atoms with van der Waals surface area (Å²) in [7, 11) is -2.51. The molecule has 0 aliphatic rings. The largest absolute Gasteiger partial charge is 0.495 e. The second-order valence-electron chi connectivity index (χ2n) is 7.43. The Morgan fingerprint density at radius 2 is 1.66 bits per heavy atom. The molecule has 3 aromatic rings. The smallest absolute Gasteiger partial charge is 0.255 e. The van der Waals surface area contributed by atoms with Gasteiger partial charge in [0.25, 0.3) is 5.91 Å². The second kappa shape index (κ2) is 10.9. The molecule has 168 valence electrons. The Morgan fingerprint density at radius 1 is 0.938 bits per heavy atom. The molecule has 6 nitrogen and oxygen atoms in total. The Hall–Kier alpha value is -3.16. The molecule has 1 amide bonds. The van der Waals surface area contributed by atoms with E-state index in [0.717, 1.165) is 24.8 Å². The molecule has 3 aromatic carbocycles. The third kappa shape index (κ3) is 6.18. The number of carbonyl (C=O) groups excluding carboxylic acids is 1. The highest BCUT2D eigenvalue weighted by atomic mass is 32.2. The predicted octanol–water partition coefficient (Wildman–Crippen LogP) is 4.77. The van der Waals surface area contributed by atoms with Gasteiger partial charge in [0.15, 0.2) is 0 Å².